The first-order valence-corrected chi connectivity index (χ1v) is 14.4. The van der Waals surface area contributed by atoms with Crippen LogP contribution in [0.5, 0.6) is 23.0 Å². The van der Waals surface area contributed by atoms with Gasteiger partial charge in [0.2, 0.25) is 0 Å². The Kier molecular flexibility index (Phi) is 9.61. The van der Waals surface area contributed by atoms with Crippen LogP contribution in [0.2, 0.25) is 10.2 Å². The highest BCUT2D eigenvalue weighted by atomic mass is 35.5. The van der Waals surface area contributed by atoms with Gasteiger partial charge in [0.1, 0.15) is 23.2 Å². The molecule has 0 fully saturated rings. The fourth-order valence-corrected chi connectivity index (χ4v) is 5.76. The van der Waals surface area contributed by atoms with Crippen LogP contribution in [-0.4, -0.2) is 60.5 Å². The number of pyridine rings is 1. The van der Waals surface area contributed by atoms with Crippen molar-refractivity contribution in [3.63, 3.8) is 0 Å². The molecular formula is C28H26Cl2N4O7S. The predicted octanol–water partition coefficient (Wildman–Crippen LogP) is 4.92. The van der Waals surface area contributed by atoms with Gasteiger partial charge in [-0.05, 0) is 48.5 Å². The number of carbonyl (C=O) groups is 1. The van der Waals surface area contributed by atoms with Crippen LogP contribution in [0, 0.1) is 0 Å². The summed E-state index contributed by atoms with van der Waals surface area (Å²) >= 11 is 12.5. The van der Waals surface area contributed by atoms with Crippen molar-refractivity contribution in [2.24, 2.45) is 5.10 Å². The number of halogens is 2. The third kappa shape index (κ3) is 6.62. The maximum atomic E-state index is 13.9. The van der Waals surface area contributed by atoms with Gasteiger partial charge in [0, 0.05) is 28.1 Å². The maximum absolute atomic E-state index is 13.9. The Bertz CT molecular complexity index is 1770. The molecule has 1 aromatic heterocycles. The van der Waals surface area contributed by atoms with E-state index in [2.05, 4.69) is 15.5 Å². The number of hydrogen-bond donors (Lipinski definition) is 1. The predicted molar refractivity (Wildman–Crippen MR) is 161 cm³/mol. The van der Waals surface area contributed by atoms with Gasteiger partial charge in [-0.1, -0.05) is 23.2 Å². The molecule has 1 N–H and O–H groups in total. The van der Waals surface area contributed by atoms with Crippen LogP contribution in [0.15, 0.2) is 70.7 Å². The molecule has 3 aromatic carbocycles. The zero-order valence-electron chi connectivity index (χ0n) is 22.9. The SMILES string of the molecule is COc1ccc2cc(/C=N\NC(=O)CN(c3cc(Cl)ccc3OC)S(=O)(=O)c3ccc(OC)c(OC)c3)c(Cl)nc2c1. The Balaban J connectivity index is 1.65. The lowest BCUT2D eigenvalue weighted by Gasteiger charge is -2.25. The molecule has 14 heteroatoms. The normalized spacial score (nSPS) is 11.4. The molecule has 0 saturated carbocycles. The zero-order valence-corrected chi connectivity index (χ0v) is 25.2. The number of ether oxygens (including phenoxy) is 4. The van der Waals surface area contributed by atoms with Gasteiger partial charge in [-0.25, -0.2) is 18.8 Å². The molecule has 1 heterocycles. The van der Waals surface area contributed by atoms with E-state index in [1.165, 1.54) is 63.9 Å². The van der Waals surface area contributed by atoms with Gasteiger partial charge in [0.05, 0.1) is 50.8 Å². The van der Waals surface area contributed by atoms with Crippen LogP contribution in [-0.2, 0) is 14.8 Å². The van der Waals surface area contributed by atoms with Crippen LogP contribution in [0.1, 0.15) is 5.56 Å². The lowest BCUT2D eigenvalue weighted by atomic mass is 10.1. The summed E-state index contributed by atoms with van der Waals surface area (Å²) in [6, 6.07) is 15.5. The van der Waals surface area contributed by atoms with Gasteiger partial charge >= 0.3 is 0 Å². The van der Waals surface area contributed by atoms with Gasteiger partial charge in [-0.3, -0.25) is 9.10 Å². The molecule has 0 aliphatic heterocycles. The van der Waals surface area contributed by atoms with Gasteiger partial charge < -0.3 is 18.9 Å². The van der Waals surface area contributed by atoms with E-state index >= 15 is 0 Å². The second-order valence-corrected chi connectivity index (χ2v) is 11.2. The van der Waals surface area contributed by atoms with Crippen LogP contribution in [0.3, 0.4) is 0 Å². The highest BCUT2D eigenvalue weighted by Crippen LogP contribution is 2.37. The van der Waals surface area contributed by atoms with Crippen molar-refractivity contribution in [2.75, 3.05) is 39.3 Å². The number of benzene rings is 3. The molecule has 42 heavy (non-hydrogen) atoms. The quantitative estimate of drug-likeness (QED) is 0.140. The lowest BCUT2D eigenvalue weighted by Crippen LogP contribution is -2.39. The monoisotopic (exact) mass is 632 g/mol. The van der Waals surface area contributed by atoms with E-state index in [0.29, 0.717) is 22.6 Å². The first-order chi connectivity index (χ1) is 20.1. The number of carbonyl (C=O) groups excluding carboxylic acids is 1. The van der Waals surface area contributed by atoms with Crippen molar-refractivity contribution in [3.05, 3.63) is 76.4 Å². The number of sulfonamides is 1. The van der Waals surface area contributed by atoms with Gasteiger partial charge in [0.25, 0.3) is 15.9 Å². The number of hydrazone groups is 1. The first kappa shape index (κ1) is 30.7. The topological polar surface area (TPSA) is 129 Å². The number of hydrogen-bond acceptors (Lipinski definition) is 9. The molecule has 1 amide bonds. The summed E-state index contributed by atoms with van der Waals surface area (Å²) < 4.78 is 49.7. The summed E-state index contributed by atoms with van der Waals surface area (Å²) in [6.07, 6.45) is 1.31. The Hall–Kier alpha value is -4.26. The van der Waals surface area contributed by atoms with E-state index in [-0.39, 0.29) is 32.3 Å². The zero-order chi connectivity index (χ0) is 30.4. The standard InChI is InChI=1S/C28H26Cl2N4O7S/c1-38-20-7-5-17-11-18(28(30)32-22(17)13-20)15-31-33-27(35)16-34(23-12-19(29)6-9-24(23)39-2)42(36,37)21-8-10-25(40-3)26(14-21)41-4/h5-15H,16H2,1-4H3,(H,33,35)/b31-15-. The van der Waals surface area contributed by atoms with Crippen molar-refractivity contribution < 1.29 is 32.2 Å². The minimum absolute atomic E-state index is 0.0381. The molecule has 0 atom stereocenters. The average Bonchev–Trinajstić information content (AvgIpc) is 2.99. The van der Waals surface area contributed by atoms with E-state index in [1.807, 2.05) is 6.07 Å². The van der Waals surface area contributed by atoms with Crippen molar-refractivity contribution in [3.8, 4) is 23.0 Å². The minimum Gasteiger partial charge on any atom is -0.497 e. The molecule has 4 aromatic rings. The second kappa shape index (κ2) is 13.1. The fourth-order valence-electron chi connectivity index (χ4n) is 3.96. The molecular weight excluding hydrogens is 607 g/mol. The summed E-state index contributed by atoms with van der Waals surface area (Å²) in [7, 11) is 1.37. The molecule has 0 aliphatic rings. The smallest absolute Gasteiger partial charge is 0.265 e. The van der Waals surface area contributed by atoms with E-state index in [4.69, 9.17) is 42.1 Å². The van der Waals surface area contributed by atoms with E-state index in [0.717, 1.165) is 9.69 Å². The minimum atomic E-state index is -4.37. The molecule has 0 aliphatic carbocycles. The van der Waals surface area contributed by atoms with Gasteiger partial charge in [0.15, 0.2) is 11.5 Å². The van der Waals surface area contributed by atoms with Gasteiger partial charge in [-0.2, -0.15) is 5.10 Å². The van der Waals surface area contributed by atoms with E-state index < -0.39 is 22.5 Å². The second-order valence-electron chi connectivity index (χ2n) is 8.56. The summed E-state index contributed by atoms with van der Waals surface area (Å²) in [6.45, 7) is -0.672. The highest BCUT2D eigenvalue weighted by molar-refractivity contribution is 7.92. The number of fused-ring (bicyclic) bond motifs is 1. The average molecular weight is 634 g/mol. The van der Waals surface area contributed by atoms with Crippen molar-refractivity contribution in [1.82, 2.24) is 10.4 Å². The largest absolute Gasteiger partial charge is 0.497 e. The van der Waals surface area contributed by atoms with E-state index in [1.54, 1.807) is 25.3 Å². The number of anilines is 1. The molecule has 0 saturated heterocycles. The van der Waals surface area contributed by atoms with Crippen LogP contribution in [0.25, 0.3) is 10.9 Å². The first-order valence-electron chi connectivity index (χ1n) is 12.2. The van der Waals surface area contributed by atoms with Crippen LogP contribution in [0.4, 0.5) is 5.69 Å². The molecule has 0 unspecified atom stereocenters. The summed E-state index contributed by atoms with van der Waals surface area (Å²) in [4.78, 5) is 17.2. The number of methoxy groups -OCH3 is 4. The Morgan fingerprint density at radius 2 is 1.62 bits per heavy atom. The van der Waals surface area contributed by atoms with Crippen molar-refractivity contribution in [2.45, 2.75) is 4.90 Å². The summed E-state index contributed by atoms with van der Waals surface area (Å²) in [5.74, 6) is 0.558. The molecule has 0 radical (unpaired) electrons. The molecule has 0 spiro atoms. The maximum Gasteiger partial charge on any atom is 0.265 e. The Morgan fingerprint density at radius 3 is 2.31 bits per heavy atom. The Morgan fingerprint density at radius 1 is 0.905 bits per heavy atom. The highest BCUT2D eigenvalue weighted by Gasteiger charge is 2.30. The number of aromatic nitrogens is 1. The molecule has 11 nitrogen and oxygen atoms in total. The van der Waals surface area contributed by atoms with Gasteiger partial charge in [-0.15, -0.1) is 0 Å². The van der Waals surface area contributed by atoms with Crippen molar-refractivity contribution in [1.29, 1.82) is 0 Å². The fraction of sp³-hybridized carbons (Fsp3) is 0.179. The summed E-state index contributed by atoms with van der Waals surface area (Å²) in [5, 5.41) is 5.11. The lowest BCUT2D eigenvalue weighted by molar-refractivity contribution is -0.119. The third-order valence-electron chi connectivity index (χ3n) is 6.04. The van der Waals surface area contributed by atoms with Crippen molar-refractivity contribution >= 4 is 61.9 Å². The van der Waals surface area contributed by atoms with E-state index in [9.17, 15) is 13.2 Å². The number of amides is 1. The molecule has 220 valence electrons. The number of nitrogens with one attached hydrogen (secondary N) is 1. The van der Waals surface area contributed by atoms with Crippen LogP contribution >= 0.6 is 23.2 Å². The summed E-state index contributed by atoms with van der Waals surface area (Å²) in [5.41, 5.74) is 3.43. The number of rotatable bonds is 11. The Labute approximate surface area is 252 Å². The third-order valence-corrected chi connectivity index (χ3v) is 8.33. The molecule has 4 rings (SSSR count). The number of nitrogens with zero attached hydrogens (tertiary/aromatic N) is 3. The van der Waals surface area contributed by atoms with Crippen LogP contribution < -0.4 is 28.7 Å². The molecule has 0 bridgehead atoms.